The molecule has 3 rings (SSSR count). The molecule has 0 atom stereocenters. The molecule has 3 nitrogen and oxygen atoms in total. The van der Waals surface area contributed by atoms with Gasteiger partial charge < -0.3 is 10.6 Å². The number of para-hydroxylation sites is 1. The normalized spacial score (nSPS) is 14.5. The van der Waals surface area contributed by atoms with Crippen LogP contribution in [0.2, 0.25) is 0 Å². The van der Waals surface area contributed by atoms with Gasteiger partial charge in [0.1, 0.15) is 0 Å². The molecule has 1 aliphatic rings. The highest BCUT2D eigenvalue weighted by atomic mass is 15.3. The molecule has 3 heteroatoms. The van der Waals surface area contributed by atoms with E-state index in [9.17, 15) is 0 Å². The first-order chi connectivity index (χ1) is 9.66. The third-order valence-electron chi connectivity index (χ3n) is 3.97. The number of guanidine groups is 1. The van der Waals surface area contributed by atoms with Gasteiger partial charge in [0.25, 0.3) is 0 Å². The Morgan fingerprint density at radius 1 is 1.10 bits per heavy atom. The summed E-state index contributed by atoms with van der Waals surface area (Å²) in [6.45, 7) is 5.08. The van der Waals surface area contributed by atoms with E-state index in [1.807, 2.05) is 18.2 Å². The van der Waals surface area contributed by atoms with Crippen molar-refractivity contribution in [2.75, 3.05) is 11.4 Å². The molecule has 1 aliphatic heterocycles. The molecule has 0 unspecified atom stereocenters. The van der Waals surface area contributed by atoms with Crippen molar-refractivity contribution in [3.8, 4) is 0 Å². The molecule has 20 heavy (non-hydrogen) atoms. The van der Waals surface area contributed by atoms with Crippen molar-refractivity contribution in [2.45, 2.75) is 20.3 Å². The topological polar surface area (TPSA) is 41.6 Å². The van der Waals surface area contributed by atoms with E-state index in [0.717, 1.165) is 18.7 Å². The van der Waals surface area contributed by atoms with Gasteiger partial charge in [0, 0.05) is 12.2 Å². The average Bonchev–Trinajstić information content (AvgIpc) is 2.88. The number of anilines is 1. The van der Waals surface area contributed by atoms with Crippen molar-refractivity contribution >= 4 is 17.3 Å². The zero-order valence-electron chi connectivity index (χ0n) is 11.9. The fourth-order valence-corrected chi connectivity index (χ4v) is 2.62. The summed E-state index contributed by atoms with van der Waals surface area (Å²) in [6.07, 6.45) is 1.03. The Balaban J connectivity index is 1.96. The standard InChI is InChI=1S/C17H19N3/c1-12-6-5-8-15(13(12)2)19-17(18)20-11-10-14-7-3-4-9-16(14)20/h3-9H,10-11H2,1-2H3,(H2,18,19). The lowest BCUT2D eigenvalue weighted by Crippen LogP contribution is -2.35. The molecular formula is C17H19N3. The van der Waals surface area contributed by atoms with Gasteiger partial charge in [-0.1, -0.05) is 30.3 Å². The van der Waals surface area contributed by atoms with E-state index in [1.165, 1.54) is 22.4 Å². The molecule has 1 heterocycles. The van der Waals surface area contributed by atoms with E-state index in [4.69, 9.17) is 5.73 Å². The maximum Gasteiger partial charge on any atom is 0.201 e. The number of benzene rings is 2. The quantitative estimate of drug-likeness (QED) is 0.635. The SMILES string of the molecule is Cc1cccc(N=C(N)N2CCc3ccccc32)c1C. The molecule has 0 bridgehead atoms. The van der Waals surface area contributed by atoms with Gasteiger partial charge in [-0.15, -0.1) is 0 Å². The summed E-state index contributed by atoms with van der Waals surface area (Å²) in [6, 6.07) is 14.5. The number of nitrogens with two attached hydrogens (primary N) is 1. The van der Waals surface area contributed by atoms with Gasteiger partial charge in [0.05, 0.1) is 5.69 Å². The fourth-order valence-electron chi connectivity index (χ4n) is 2.62. The van der Waals surface area contributed by atoms with Crippen molar-refractivity contribution < 1.29 is 0 Å². The first-order valence-corrected chi connectivity index (χ1v) is 6.92. The second-order valence-electron chi connectivity index (χ2n) is 5.22. The Labute approximate surface area is 119 Å². The number of fused-ring (bicyclic) bond motifs is 1. The van der Waals surface area contributed by atoms with E-state index < -0.39 is 0 Å². The summed E-state index contributed by atoms with van der Waals surface area (Å²) in [5.74, 6) is 0.573. The van der Waals surface area contributed by atoms with Crippen LogP contribution in [0.4, 0.5) is 11.4 Å². The summed E-state index contributed by atoms with van der Waals surface area (Å²) in [7, 11) is 0. The lowest BCUT2D eigenvalue weighted by molar-refractivity contribution is 1.01. The maximum absolute atomic E-state index is 6.22. The molecule has 2 N–H and O–H groups in total. The molecule has 0 fully saturated rings. The summed E-state index contributed by atoms with van der Waals surface area (Å²) in [4.78, 5) is 6.71. The van der Waals surface area contributed by atoms with E-state index >= 15 is 0 Å². The Bertz CT molecular complexity index is 674. The van der Waals surface area contributed by atoms with Crippen molar-refractivity contribution in [1.29, 1.82) is 0 Å². The number of aryl methyl sites for hydroxylation is 1. The van der Waals surface area contributed by atoms with E-state index in [-0.39, 0.29) is 0 Å². The molecule has 2 aromatic carbocycles. The molecule has 0 saturated heterocycles. The van der Waals surface area contributed by atoms with Crippen LogP contribution in [0.15, 0.2) is 47.5 Å². The zero-order chi connectivity index (χ0) is 14.1. The van der Waals surface area contributed by atoms with Crippen LogP contribution in [0.3, 0.4) is 0 Å². The first-order valence-electron chi connectivity index (χ1n) is 6.92. The van der Waals surface area contributed by atoms with Crippen molar-refractivity contribution in [3.05, 3.63) is 59.2 Å². The van der Waals surface area contributed by atoms with Crippen LogP contribution < -0.4 is 10.6 Å². The lowest BCUT2D eigenvalue weighted by Gasteiger charge is -2.18. The van der Waals surface area contributed by atoms with Crippen molar-refractivity contribution in [3.63, 3.8) is 0 Å². The van der Waals surface area contributed by atoms with Crippen molar-refractivity contribution in [1.82, 2.24) is 0 Å². The first kappa shape index (κ1) is 12.7. The number of nitrogens with zero attached hydrogens (tertiary/aromatic N) is 2. The second-order valence-corrected chi connectivity index (χ2v) is 5.22. The van der Waals surface area contributed by atoms with Gasteiger partial charge in [-0.2, -0.15) is 0 Å². The highest BCUT2D eigenvalue weighted by Gasteiger charge is 2.21. The molecule has 0 spiro atoms. The number of aliphatic imine (C=N–C) groups is 1. The van der Waals surface area contributed by atoms with Gasteiger partial charge >= 0.3 is 0 Å². The van der Waals surface area contributed by atoms with Crippen LogP contribution in [-0.4, -0.2) is 12.5 Å². The molecule has 0 saturated carbocycles. The minimum atomic E-state index is 0.573. The van der Waals surface area contributed by atoms with Gasteiger partial charge in [0.15, 0.2) is 0 Å². The fraction of sp³-hybridized carbons (Fsp3) is 0.235. The molecule has 0 amide bonds. The number of hydrogen-bond donors (Lipinski definition) is 1. The largest absolute Gasteiger partial charge is 0.369 e. The number of hydrogen-bond acceptors (Lipinski definition) is 1. The zero-order valence-corrected chi connectivity index (χ0v) is 11.9. The summed E-state index contributed by atoms with van der Waals surface area (Å²) >= 11 is 0. The van der Waals surface area contributed by atoms with Crippen LogP contribution in [0, 0.1) is 13.8 Å². The van der Waals surface area contributed by atoms with Gasteiger partial charge in [-0.05, 0) is 49.1 Å². The van der Waals surface area contributed by atoms with Crippen LogP contribution >= 0.6 is 0 Å². The molecule has 0 aliphatic carbocycles. The van der Waals surface area contributed by atoms with Crippen LogP contribution in [-0.2, 0) is 6.42 Å². The minimum Gasteiger partial charge on any atom is -0.369 e. The Morgan fingerprint density at radius 3 is 2.75 bits per heavy atom. The van der Waals surface area contributed by atoms with Crippen LogP contribution in [0.1, 0.15) is 16.7 Å². The smallest absolute Gasteiger partial charge is 0.201 e. The number of rotatable bonds is 1. The molecule has 102 valence electrons. The Morgan fingerprint density at radius 2 is 1.90 bits per heavy atom. The van der Waals surface area contributed by atoms with E-state index in [2.05, 4.69) is 48.0 Å². The van der Waals surface area contributed by atoms with E-state index in [0.29, 0.717) is 5.96 Å². The highest BCUT2D eigenvalue weighted by molar-refractivity contribution is 5.98. The second kappa shape index (κ2) is 5.00. The predicted octanol–water partition coefficient (Wildman–Crippen LogP) is 3.31. The summed E-state index contributed by atoms with van der Waals surface area (Å²) < 4.78 is 0. The predicted molar refractivity (Wildman–Crippen MR) is 84.7 cm³/mol. The monoisotopic (exact) mass is 265 g/mol. The molecule has 0 radical (unpaired) electrons. The third kappa shape index (κ3) is 2.16. The van der Waals surface area contributed by atoms with Gasteiger partial charge in [-0.3, -0.25) is 0 Å². The van der Waals surface area contributed by atoms with E-state index in [1.54, 1.807) is 0 Å². The van der Waals surface area contributed by atoms with Gasteiger partial charge in [-0.25, -0.2) is 4.99 Å². The lowest BCUT2D eigenvalue weighted by atomic mass is 10.1. The summed E-state index contributed by atoms with van der Waals surface area (Å²) in [5.41, 5.74) is 12.1. The maximum atomic E-state index is 6.22. The minimum absolute atomic E-state index is 0.573. The van der Waals surface area contributed by atoms with Crippen LogP contribution in [0.5, 0.6) is 0 Å². The molecule has 0 aromatic heterocycles. The molecular weight excluding hydrogens is 246 g/mol. The van der Waals surface area contributed by atoms with Crippen LogP contribution in [0.25, 0.3) is 0 Å². The van der Waals surface area contributed by atoms with Crippen molar-refractivity contribution in [2.24, 2.45) is 10.7 Å². The van der Waals surface area contributed by atoms with Gasteiger partial charge in [0.2, 0.25) is 5.96 Å². The molecule has 2 aromatic rings. The Hall–Kier alpha value is -2.29. The highest BCUT2D eigenvalue weighted by Crippen LogP contribution is 2.28. The average molecular weight is 265 g/mol. The summed E-state index contributed by atoms with van der Waals surface area (Å²) in [5, 5.41) is 0. The Kier molecular flexibility index (Phi) is 3.18. The third-order valence-corrected chi connectivity index (χ3v) is 3.97.